The molecule has 1 fully saturated rings. The summed E-state index contributed by atoms with van der Waals surface area (Å²) in [6.07, 6.45) is 1.24. The van der Waals surface area contributed by atoms with Crippen molar-refractivity contribution in [2.24, 2.45) is 0 Å². The van der Waals surface area contributed by atoms with Crippen LogP contribution in [0.3, 0.4) is 0 Å². The van der Waals surface area contributed by atoms with E-state index in [4.69, 9.17) is 4.74 Å². The van der Waals surface area contributed by atoms with Gasteiger partial charge in [-0.05, 0) is 42.3 Å². The van der Waals surface area contributed by atoms with Crippen LogP contribution in [-0.4, -0.2) is 41.9 Å². The lowest BCUT2D eigenvalue weighted by molar-refractivity contribution is -0.130. The van der Waals surface area contributed by atoms with E-state index in [-0.39, 0.29) is 36.7 Å². The third kappa shape index (κ3) is 4.33. The Labute approximate surface area is 181 Å². The van der Waals surface area contributed by atoms with Crippen molar-refractivity contribution in [3.05, 3.63) is 58.1 Å². The molecule has 0 radical (unpaired) electrons. The topological polar surface area (TPSA) is 55.8 Å². The van der Waals surface area contributed by atoms with Gasteiger partial charge in [0.1, 0.15) is 17.1 Å². The molecule has 2 aliphatic rings. The molecule has 1 unspecified atom stereocenters. The van der Waals surface area contributed by atoms with Crippen LogP contribution in [0.5, 0.6) is 11.5 Å². The second-order valence-corrected chi connectivity index (χ2v) is 8.49. The summed E-state index contributed by atoms with van der Waals surface area (Å²) in [4.78, 5) is 27.0. The Kier molecular flexibility index (Phi) is 5.77. The summed E-state index contributed by atoms with van der Waals surface area (Å²) in [7, 11) is 0. The number of ketones is 1. The maximum Gasteiger partial charge on any atom is 0.387 e. The summed E-state index contributed by atoms with van der Waals surface area (Å²) in [6, 6.07) is 11.9. The number of Topliss-reactive ketones (excluding diaryl/α,β-unsaturated/α-hetero) is 1. The zero-order valence-electron chi connectivity index (χ0n) is 16.1. The van der Waals surface area contributed by atoms with Crippen molar-refractivity contribution in [2.45, 2.75) is 37.9 Å². The lowest BCUT2D eigenvalue weighted by atomic mass is 9.89. The highest BCUT2D eigenvalue weighted by Crippen LogP contribution is 2.38. The van der Waals surface area contributed by atoms with E-state index in [1.54, 1.807) is 35.2 Å². The number of rotatable bonds is 5. The monoisotopic (exact) mass is 479 g/mol. The predicted octanol–water partition coefficient (Wildman–Crippen LogP) is 4.62. The number of amides is 1. The third-order valence-corrected chi connectivity index (χ3v) is 6.01. The van der Waals surface area contributed by atoms with Gasteiger partial charge in [-0.15, -0.1) is 0 Å². The molecule has 5 nitrogen and oxygen atoms in total. The van der Waals surface area contributed by atoms with E-state index in [0.29, 0.717) is 36.4 Å². The summed E-state index contributed by atoms with van der Waals surface area (Å²) in [5, 5.41) is 0. The highest BCUT2D eigenvalue weighted by molar-refractivity contribution is 9.10. The van der Waals surface area contributed by atoms with E-state index in [1.807, 2.05) is 6.07 Å². The Balaban J connectivity index is 1.41. The highest BCUT2D eigenvalue weighted by Gasteiger charge is 2.46. The number of para-hydroxylation sites is 1. The first-order valence-corrected chi connectivity index (χ1v) is 10.5. The summed E-state index contributed by atoms with van der Waals surface area (Å²) in [5.41, 5.74) is 0.417. The van der Waals surface area contributed by atoms with Crippen LogP contribution in [0.2, 0.25) is 0 Å². The number of hydrogen-bond acceptors (Lipinski definition) is 4. The Morgan fingerprint density at radius 1 is 1.27 bits per heavy atom. The van der Waals surface area contributed by atoms with E-state index < -0.39 is 12.2 Å². The number of carbonyl (C=O) groups excluding carboxylic acids is 2. The number of fused-ring (bicyclic) bond motifs is 1. The van der Waals surface area contributed by atoms with Gasteiger partial charge >= 0.3 is 6.61 Å². The molecule has 1 amide bonds. The number of halogens is 3. The van der Waals surface area contributed by atoms with Gasteiger partial charge < -0.3 is 14.4 Å². The molecule has 4 rings (SSSR count). The van der Waals surface area contributed by atoms with Gasteiger partial charge in [0.2, 0.25) is 5.91 Å². The number of benzene rings is 2. The van der Waals surface area contributed by atoms with Gasteiger partial charge in [-0.25, -0.2) is 0 Å². The van der Waals surface area contributed by atoms with Crippen molar-refractivity contribution in [1.82, 2.24) is 4.90 Å². The molecule has 1 atom stereocenters. The molecule has 0 aromatic heterocycles. The van der Waals surface area contributed by atoms with Gasteiger partial charge in [0.05, 0.1) is 18.5 Å². The van der Waals surface area contributed by atoms with Gasteiger partial charge in [0, 0.05) is 23.9 Å². The van der Waals surface area contributed by atoms with E-state index >= 15 is 0 Å². The molecule has 1 spiro atoms. The highest BCUT2D eigenvalue weighted by atomic mass is 79.9. The van der Waals surface area contributed by atoms with Gasteiger partial charge in [0.25, 0.3) is 0 Å². The largest absolute Gasteiger partial charge is 0.484 e. The van der Waals surface area contributed by atoms with Crippen LogP contribution in [0.25, 0.3) is 0 Å². The molecular formula is C22H20BrF2NO4. The Hall–Kier alpha value is -2.48. The minimum Gasteiger partial charge on any atom is -0.484 e. The fraction of sp³-hybridized carbons (Fsp3) is 0.364. The summed E-state index contributed by atoms with van der Waals surface area (Å²) >= 11 is 3.32. The number of likely N-dealkylation sites (tertiary alicyclic amines) is 1. The molecule has 2 aliphatic heterocycles. The van der Waals surface area contributed by atoms with Crippen LogP contribution >= 0.6 is 15.9 Å². The molecule has 158 valence electrons. The maximum absolute atomic E-state index is 12.8. The molecule has 2 aromatic carbocycles. The normalized spacial score (nSPS) is 20.4. The minimum atomic E-state index is -2.93. The smallest absolute Gasteiger partial charge is 0.387 e. The zero-order chi connectivity index (χ0) is 21.3. The predicted molar refractivity (Wildman–Crippen MR) is 109 cm³/mol. The van der Waals surface area contributed by atoms with E-state index in [2.05, 4.69) is 20.7 Å². The average molecular weight is 480 g/mol. The summed E-state index contributed by atoms with van der Waals surface area (Å²) in [6.45, 7) is -2.10. The number of nitrogens with zero attached hydrogens (tertiary/aromatic N) is 1. The van der Waals surface area contributed by atoms with Crippen LogP contribution in [0.4, 0.5) is 8.78 Å². The molecule has 2 heterocycles. The summed E-state index contributed by atoms with van der Waals surface area (Å²) < 4.78 is 36.7. The number of carbonyl (C=O) groups is 2. The molecule has 0 aliphatic carbocycles. The lowest BCUT2D eigenvalue weighted by Crippen LogP contribution is -2.45. The molecular weight excluding hydrogens is 460 g/mol. The number of hydrogen-bond donors (Lipinski definition) is 0. The maximum atomic E-state index is 12.8. The molecule has 2 aromatic rings. The number of aryl methyl sites for hydroxylation is 1. The van der Waals surface area contributed by atoms with Gasteiger partial charge in [-0.1, -0.05) is 28.1 Å². The van der Waals surface area contributed by atoms with Crippen LogP contribution in [0.1, 0.15) is 35.2 Å². The Morgan fingerprint density at radius 2 is 2.07 bits per heavy atom. The Bertz CT molecular complexity index is 983. The van der Waals surface area contributed by atoms with Crippen LogP contribution in [0.15, 0.2) is 46.9 Å². The minimum absolute atomic E-state index is 0.0223. The third-order valence-electron chi connectivity index (χ3n) is 5.51. The molecule has 30 heavy (non-hydrogen) atoms. The van der Waals surface area contributed by atoms with Crippen molar-refractivity contribution >= 4 is 27.6 Å². The molecule has 0 saturated carbocycles. The second kappa shape index (κ2) is 8.34. The summed E-state index contributed by atoms with van der Waals surface area (Å²) in [5.74, 6) is 0.543. The van der Waals surface area contributed by atoms with Crippen molar-refractivity contribution < 1.29 is 27.8 Å². The second-order valence-electron chi connectivity index (χ2n) is 7.58. The van der Waals surface area contributed by atoms with Crippen LogP contribution in [0, 0.1) is 0 Å². The van der Waals surface area contributed by atoms with Crippen molar-refractivity contribution in [3.8, 4) is 11.5 Å². The van der Waals surface area contributed by atoms with Crippen molar-refractivity contribution in [2.75, 3.05) is 13.1 Å². The van der Waals surface area contributed by atoms with Crippen LogP contribution in [-0.2, 0) is 11.2 Å². The van der Waals surface area contributed by atoms with Gasteiger partial charge in [0.15, 0.2) is 5.78 Å². The first kappa shape index (κ1) is 20.8. The SMILES string of the molecule is O=C1CC2(CCN(C(=O)CCc3cc(Br)ccc3OC(F)F)C2)Oc2ccccc21. The average Bonchev–Trinajstić information content (AvgIpc) is 3.10. The quantitative estimate of drug-likeness (QED) is 0.627. The molecule has 0 bridgehead atoms. The first-order valence-electron chi connectivity index (χ1n) is 9.67. The van der Waals surface area contributed by atoms with E-state index in [1.165, 1.54) is 6.07 Å². The van der Waals surface area contributed by atoms with E-state index in [0.717, 1.165) is 4.47 Å². The standard InChI is InChI=1S/C22H20BrF2NO4/c23-15-6-7-18(29-21(24)25)14(11-15)5-8-20(28)26-10-9-22(13-26)12-17(27)16-3-1-2-4-19(16)30-22/h1-4,6-7,11,21H,5,8-10,12-13H2. The first-order chi connectivity index (χ1) is 14.3. The molecule has 0 N–H and O–H groups in total. The zero-order valence-corrected chi connectivity index (χ0v) is 17.7. The van der Waals surface area contributed by atoms with E-state index in [9.17, 15) is 18.4 Å². The van der Waals surface area contributed by atoms with Gasteiger partial charge in [-0.3, -0.25) is 9.59 Å². The fourth-order valence-corrected chi connectivity index (χ4v) is 4.49. The number of ether oxygens (including phenoxy) is 2. The fourth-order valence-electron chi connectivity index (χ4n) is 4.08. The van der Waals surface area contributed by atoms with Gasteiger partial charge in [-0.2, -0.15) is 8.78 Å². The lowest BCUT2D eigenvalue weighted by Gasteiger charge is -2.34. The van der Waals surface area contributed by atoms with Crippen LogP contribution < -0.4 is 9.47 Å². The Morgan fingerprint density at radius 3 is 2.87 bits per heavy atom. The molecule has 8 heteroatoms. The van der Waals surface area contributed by atoms with Crippen molar-refractivity contribution in [3.63, 3.8) is 0 Å². The molecule has 1 saturated heterocycles. The number of alkyl halides is 2. The van der Waals surface area contributed by atoms with Crippen molar-refractivity contribution in [1.29, 1.82) is 0 Å².